The minimum absolute atomic E-state index is 0.0790. The van der Waals surface area contributed by atoms with Gasteiger partial charge in [-0.25, -0.2) is 8.42 Å². The average molecular weight is 688 g/mol. The fraction of sp³-hybridized carbons (Fsp3) is 0.316. The first-order valence-electron chi connectivity index (χ1n) is 16.1. The predicted octanol–water partition coefficient (Wildman–Crippen LogP) is 5.77. The summed E-state index contributed by atoms with van der Waals surface area (Å²) >= 11 is 0. The lowest BCUT2D eigenvalue weighted by molar-refractivity contribution is -0.140. The van der Waals surface area contributed by atoms with Crippen molar-refractivity contribution < 1.29 is 32.2 Å². The second kappa shape index (κ2) is 16.9. The van der Waals surface area contributed by atoms with Crippen LogP contribution >= 0.6 is 0 Å². The summed E-state index contributed by atoms with van der Waals surface area (Å²) in [4.78, 5) is 29.9. The molecule has 4 rings (SSSR count). The minimum Gasteiger partial charge on any atom is -0.494 e. The molecule has 0 saturated carbocycles. The topological polar surface area (TPSA) is 114 Å². The molecule has 0 heterocycles. The fourth-order valence-electron chi connectivity index (χ4n) is 5.33. The number of ether oxygens (including phenoxy) is 3. The maximum Gasteiger partial charge on any atom is 0.264 e. The molecular formula is C38H45N3O7S. The van der Waals surface area contributed by atoms with Gasteiger partial charge in [-0.2, -0.15) is 0 Å². The maximum absolute atomic E-state index is 14.7. The van der Waals surface area contributed by atoms with Crippen molar-refractivity contribution in [2.45, 2.75) is 57.6 Å². The van der Waals surface area contributed by atoms with E-state index in [1.165, 1.54) is 37.3 Å². The number of hydrogen-bond donors (Lipinski definition) is 1. The number of methoxy groups -OCH3 is 2. The van der Waals surface area contributed by atoms with E-state index < -0.39 is 28.5 Å². The zero-order chi connectivity index (χ0) is 35.6. The zero-order valence-corrected chi connectivity index (χ0v) is 29.7. The number of nitrogens with one attached hydrogen (secondary N) is 1. The molecule has 0 aliphatic heterocycles. The van der Waals surface area contributed by atoms with Gasteiger partial charge in [0.1, 0.15) is 18.3 Å². The molecule has 0 bridgehead atoms. The van der Waals surface area contributed by atoms with E-state index in [1.807, 2.05) is 82.3 Å². The lowest BCUT2D eigenvalue weighted by Crippen LogP contribution is -2.54. The van der Waals surface area contributed by atoms with Gasteiger partial charge >= 0.3 is 0 Å². The normalized spacial score (nSPS) is 11.8. The Kier molecular flexibility index (Phi) is 12.7. The molecular weight excluding hydrogens is 642 g/mol. The molecule has 0 saturated heterocycles. The van der Waals surface area contributed by atoms with Crippen LogP contribution in [-0.4, -0.2) is 64.6 Å². The van der Waals surface area contributed by atoms with Crippen LogP contribution in [0.1, 0.15) is 37.5 Å². The van der Waals surface area contributed by atoms with Crippen LogP contribution in [0.3, 0.4) is 0 Å². The molecule has 1 unspecified atom stereocenters. The number of sulfonamides is 1. The first-order chi connectivity index (χ1) is 23.5. The SMILES string of the molecule is CCOc1ccc(N(CC(=O)N(Cc2ccc(C)cc2)C(Cc2ccccc2)C(=O)NC(C)C)S(=O)(=O)c2ccc(OC)c(OC)c2)cc1. The molecule has 0 spiro atoms. The summed E-state index contributed by atoms with van der Waals surface area (Å²) in [7, 11) is -1.48. The standard InChI is InChI=1S/C38H45N3O7S/c1-7-48-32-19-17-31(18-20-32)41(49(44,45)33-21-22-35(46-5)36(24-33)47-6)26-37(42)40(25-30-15-13-28(4)14-16-30)34(38(43)39-27(2)3)23-29-11-9-8-10-12-29/h8-22,24,27,34H,7,23,25-26H2,1-6H3,(H,39,43). The van der Waals surface area contributed by atoms with Crippen molar-refractivity contribution in [1.82, 2.24) is 10.2 Å². The van der Waals surface area contributed by atoms with Crippen LogP contribution in [0.4, 0.5) is 5.69 Å². The van der Waals surface area contributed by atoms with Crippen molar-refractivity contribution in [3.05, 3.63) is 114 Å². The van der Waals surface area contributed by atoms with Crippen LogP contribution in [0, 0.1) is 6.92 Å². The molecule has 1 N–H and O–H groups in total. The summed E-state index contributed by atoms with van der Waals surface area (Å²) in [5, 5.41) is 2.97. The van der Waals surface area contributed by atoms with Crippen LogP contribution in [0.5, 0.6) is 17.2 Å². The van der Waals surface area contributed by atoms with E-state index >= 15 is 0 Å². The maximum atomic E-state index is 14.7. The number of hydrogen-bond acceptors (Lipinski definition) is 7. The van der Waals surface area contributed by atoms with E-state index in [4.69, 9.17) is 14.2 Å². The number of benzene rings is 4. The van der Waals surface area contributed by atoms with E-state index in [-0.39, 0.29) is 41.2 Å². The predicted molar refractivity (Wildman–Crippen MR) is 191 cm³/mol. The van der Waals surface area contributed by atoms with Crippen molar-refractivity contribution >= 4 is 27.5 Å². The van der Waals surface area contributed by atoms with Crippen molar-refractivity contribution in [3.63, 3.8) is 0 Å². The number of anilines is 1. The lowest BCUT2D eigenvalue weighted by Gasteiger charge is -2.34. The number of nitrogens with zero attached hydrogens (tertiary/aromatic N) is 2. The molecule has 1 atom stereocenters. The fourth-order valence-corrected chi connectivity index (χ4v) is 6.76. The van der Waals surface area contributed by atoms with E-state index in [0.29, 0.717) is 18.1 Å². The Labute approximate surface area is 289 Å². The van der Waals surface area contributed by atoms with E-state index in [2.05, 4.69) is 5.32 Å². The number of carbonyl (C=O) groups is 2. The van der Waals surface area contributed by atoms with Gasteiger partial charge in [0, 0.05) is 25.1 Å². The minimum atomic E-state index is -4.36. The summed E-state index contributed by atoms with van der Waals surface area (Å²) < 4.78 is 46.3. The molecule has 260 valence electrons. The summed E-state index contributed by atoms with van der Waals surface area (Å²) in [6, 6.07) is 26.7. The Bertz CT molecular complexity index is 1800. The van der Waals surface area contributed by atoms with Gasteiger partial charge in [0.15, 0.2) is 11.5 Å². The van der Waals surface area contributed by atoms with Crippen LogP contribution in [0.15, 0.2) is 102 Å². The number of carbonyl (C=O) groups excluding carboxylic acids is 2. The molecule has 0 aliphatic carbocycles. The van der Waals surface area contributed by atoms with E-state index in [1.54, 1.807) is 24.3 Å². The third-order valence-corrected chi connectivity index (χ3v) is 9.60. The average Bonchev–Trinajstić information content (AvgIpc) is 3.09. The molecule has 0 aliphatic rings. The van der Waals surface area contributed by atoms with Gasteiger partial charge < -0.3 is 24.4 Å². The Morgan fingerprint density at radius 3 is 2.06 bits per heavy atom. The number of rotatable bonds is 16. The second-order valence-electron chi connectivity index (χ2n) is 11.8. The Hall–Kier alpha value is -5.03. The summed E-state index contributed by atoms with van der Waals surface area (Å²) in [6.45, 7) is 7.45. The number of aryl methyl sites for hydroxylation is 1. The molecule has 4 aromatic rings. The Morgan fingerprint density at radius 2 is 1.47 bits per heavy atom. The molecule has 2 amide bonds. The van der Waals surface area contributed by atoms with Crippen LogP contribution < -0.4 is 23.8 Å². The molecule has 11 heteroatoms. The van der Waals surface area contributed by atoms with E-state index in [0.717, 1.165) is 21.0 Å². The molecule has 0 radical (unpaired) electrons. The summed E-state index contributed by atoms with van der Waals surface area (Å²) in [6.07, 6.45) is 0.225. The highest BCUT2D eigenvalue weighted by Crippen LogP contribution is 2.33. The highest BCUT2D eigenvalue weighted by Gasteiger charge is 2.35. The van der Waals surface area contributed by atoms with Crippen molar-refractivity contribution in [2.75, 3.05) is 31.7 Å². The van der Waals surface area contributed by atoms with Gasteiger partial charge in [0.25, 0.3) is 10.0 Å². The van der Waals surface area contributed by atoms with Crippen molar-refractivity contribution in [3.8, 4) is 17.2 Å². The Morgan fingerprint density at radius 1 is 0.816 bits per heavy atom. The van der Waals surface area contributed by atoms with Gasteiger partial charge in [-0.1, -0.05) is 60.2 Å². The highest BCUT2D eigenvalue weighted by atomic mass is 32.2. The monoisotopic (exact) mass is 687 g/mol. The molecule has 4 aromatic carbocycles. The smallest absolute Gasteiger partial charge is 0.264 e. The van der Waals surface area contributed by atoms with Gasteiger partial charge in [-0.15, -0.1) is 0 Å². The highest BCUT2D eigenvalue weighted by molar-refractivity contribution is 7.92. The molecule has 49 heavy (non-hydrogen) atoms. The quantitative estimate of drug-likeness (QED) is 0.159. The number of amides is 2. The van der Waals surface area contributed by atoms with Gasteiger partial charge in [0.05, 0.1) is 31.4 Å². The molecule has 0 aromatic heterocycles. The summed E-state index contributed by atoms with van der Waals surface area (Å²) in [5.74, 6) is 0.230. The third kappa shape index (κ3) is 9.54. The van der Waals surface area contributed by atoms with Crippen LogP contribution in [-0.2, 0) is 32.6 Å². The first-order valence-corrected chi connectivity index (χ1v) is 17.6. The van der Waals surface area contributed by atoms with Gasteiger partial charge in [-0.3, -0.25) is 13.9 Å². The van der Waals surface area contributed by atoms with Crippen LogP contribution in [0.25, 0.3) is 0 Å². The van der Waals surface area contributed by atoms with Crippen LogP contribution in [0.2, 0.25) is 0 Å². The van der Waals surface area contributed by atoms with Gasteiger partial charge in [0.2, 0.25) is 11.8 Å². The molecule has 10 nitrogen and oxygen atoms in total. The lowest BCUT2D eigenvalue weighted by atomic mass is 10.0. The Balaban J connectivity index is 1.83. The largest absolute Gasteiger partial charge is 0.494 e. The zero-order valence-electron chi connectivity index (χ0n) is 28.9. The third-order valence-electron chi connectivity index (χ3n) is 7.83. The van der Waals surface area contributed by atoms with Crippen molar-refractivity contribution in [1.29, 1.82) is 0 Å². The van der Waals surface area contributed by atoms with E-state index in [9.17, 15) is 18.0 Å². The summed E-state index contributed by atoms with van der Waals surface area (Å²) in [5.41, 5.74) is 2.94. The molecule has 0 fully saturated rings. The second-order valence-corrected chi connectivity index (χ2v) is 13.7. The first kappa shape index (κ1) is 36.8. The van der Waals surface area contributed by atoms with Gasteiger partial charge in [-0.05, 0) is 75.2 Å². The van der Waals surface area contributed by atoms with Crippen molar-refractivity contribution in [2.24, 2.45) is 0 Å².